The van der Waals surface area contributed by atoms with E-state index in [9.17, 15) is 9.59 Å². The first kappa shape index (κ1) is 21.2. The summed E-state index contributed by atoms with van der Waals surface area (Å²) in [5.41, 5.74) is 1.14. The Morgan fingerprint density at radius 3 is 2.41 bits per heavy atom. The molecule has 1 aliphatic rings. The van der Waals surface area contributed by atoms with Gasteiger partial charge in [0.1, 0.15) is 6.61 Å². The summed E-state index contributed by atoms with van der Waals surface area (Å²) in [6, 6.07) is 3.35. The van der Waals surface area contributed by atoms with E-state index in [4.69, 9.17) is 18.8 Å². The third kappa shape index (κ3) is 3.94. The van der Waals surface area contributed by atoms with E-state index in [1.807, 2.05) is 27.7 Å². The highest BCUT2D eigenvalue weighted by Gasteiger charge is 2.54. The Morgan fingerprint density at radius 1 is 1.26 bits per heavy atom. The van der Waals surface area contributed by atoms with Gasteiger partial charge in [-0.05, 0) is 49.8 Å². The highest BCUT2D eigenvalue weighted by molar-refractivity contribution is 6.63. The summed E-state index contributed by atoms with van der Waals surface area (Å²) in [7, 11) is 0.592. The predicted molar refractivity (Wildman–Crippen MR) is 104 cm³/mol. The van der Waals surface area contributed by atoms with E-state index in [-0.39, 0.29) is 6.61 Å². The number of esters is 2. The number of methoxy groups -OCH3 is 1. The van der Waals surface area contributed by atoms with Gasteiger partial charge in [-0.3, -0.25) is 4.79 Å². The van der Waals surface area contributed by atoms with E-state index >= 15 is 0 Å². The number of carbonyl (C=O) groups is 2. The lowest BCUT2D eigenvalue weighted by Gasteiger charge is -2.35. The number of rotatable bonds is 6. The second-order valence-corrected chi connectivity index (χ2v) is 7.24. The van der Waals surface area contributed by atoms with E-state index in [0.717, 1.165) is 6.42 Å². The van der Waals surface area contributed by atoms with Crippen LogP contribution in [-0.2, 0) is 30.2 Å². The van der Waals surface area contributed by atoms with Crippen LogP contribution in [0, 0.1) is 0 Å². The van der Waals surface area contributed by atoms with Crippen molar-refractivity contribution in [1.82, 2.24) is 0 Å². The van der Waals surface area contributed by atoms with Crippen LogP contribution in [0.4, 0.5) is 0 Å². The molecule has 0 aliphatic carbocycles. The molecule has 1 fully saturated rings. The van der Waals surface area contributed by atoms with Gasteiger partial charge in [-0.15, -0.1) is 0 Å². The Balaban J connectivity index is 2.61. The molecule has 0 aromatic heterocycles. The van der Waals surface area contributed by atoms with E-state index in [1.54, 1.807) is 18.2 Å². The van der Waals surface area contributed by atoms with Gasteiger partial charge in [0, 0.05) is 6.92 Å². The van der Waals surface area contributed by atoms with Crippen LogP contribution >= 0.6 is 0 Å². The van der Waals surface area contributed by atoms with Gasteiger partial charge in [-0.1, -0.05) is 25.6 Å². The smallest absolute Gasteiger partial charge is 0.465 e. The molecule has 1 atom stereocenters. The molecule has 6 nitrogen and oxygen atoms in total. The lowest BCUT2D eigenvalue weighted by atomic mass is 9.71. The Bertz CT molecular complexity index is 757. The van der Waals surface area contributed by atoms with Crippen LogP contribution in [0.1, 0.15) is 62.5 Å². The van der Waals surface area contributed by atoms with E-state index < -0.39 is 30.3 Å². The molecule has 0 saturated carbocycles. The zero-order valence-electron chi connectivity index (χ0n) is 16.9. The highest BCUT2D eigenvalue weighted by Crippen LogP contribution is 2.40. The second-order valence-electron chi connectivity index (χ2n) is 7.24. The van der Waals surface area contributed by atoms with Gasteiger partial charge >= 0.3 is 19.1 Å². The van der Waals surface area contributed by atoms with Crippen LogP contribution in [0.2, 0.25) is 0 Å². The Morgan fingerprint density at radius 2 is 1.93 bits per heavy atom. The van der Waals surface area contributed by atoms with Crippen molar-refractivity contribution in [2.45, 2.75) is 58.8 Å². The number of benzene rings is 1. The summed E-state index contributed by atoms with van der Waals surface area (Å²) >= 11 is 0. The van der Waals surface area contributed by atoms with Crippen molar-refractivity contribution < 1.29 is 28.4 Å². The Labute approximate surface area is 161 Å². The molecule has 0 spiro atoms. The fourth-order valence-electron chi connectivity index (χ4n) is 3.19. The molecule has 27 heavy (non-hydrogen) atoms. The second kappa shape index (κ2) is 7.86. The minimum Gasteiger partial charge on any atom is -0.465 e. The zero-order chi connectivity index (χ0) is 20.4. The molecule has 1 aromatic carbocycles. The van der Waals surface area contributed by atoms with Gasteiger partial charge in [0.05, 0.1) is 23.9 Å². The molecule has 0 bridgehead atoms. The van der Waals surface area contributed by atoms with E-state index in [0.29, 0.717) is 22.2 Å². The molecule has 0 radical (unpaired) electrons. The van der Waals surface area contributed by atoms with Crippen molar-refractivity contribution in [2.75, 3.05) is 7.11 Å². The summed E-state index contributed by atoms with van der Waals surface area (Å²) in [4.78, 5) is 23.5. The molecular weight excluding hydrogens is 347 g/mol. The average molecular weight is 374 g/mol. The van der Waals surface area contributed by atoms with Gasteiger partial charge in [0.2, 0.25) is 0 Å². The minimum absolute atomic E-state index is 0.0411. The van der Waals surface area contributed by atoms with Crippen LogP contribution < -0.4 is 5.46 Å². The standard InChI is InChI=1S/C20H27BO6/c1-8-15-16(18(23)24-7)11-10-14(12-25-13(3)22)17(15)21-26-19(4,5)20(6,9-2)27-21/h8,10-11H,1,9,12H2,2-7H3. The molecular formula is C20H27BO6. The molecule has 7 heteroatoms. The summed E-state index contributed by atoms with van der Waals surface area (Å²) in [5.74, 6) is -0.883. The monoisotopic (exact) mass is 374 g/mol. The van der Waals surface area contributed by atoms with E-state index in [2.05, 4.69) is 6.58 Å². The first-order chi connectivity index (χ1) is 12.6. The maximum Gasteiger partial charge on any atom is 0.495 e. The van der Waals surface area contributed by atoms with Crippen LogP contribution in [0.5, 0.6) is 0 Å². The van der Waals surface area contributed by atoms with Gasteiger partial charge in [-0.2, -0.15) is 0 Å². The first-order valence-corrected chi connectivity index (χ1v) is 8.95. The van der Waals surface area contributed by atoms with Crippen LogP contribution in [-0.4, -0.2) is 37.4 Å². The number of ether oxygens (including phenoxy) is 2. The first-order valence-electron chi connectivity index (χ1n) is 8.95. The van der Waals surface area contributed by atoms with Crippen molar-refractivity contribution in [1.29, 1.82) is 0 Å². The summed E-state index contributed by atoms with van der Waals surface area (Å²) in [6.07, 6.45) is 2.32. The molecule has 1 aromatic rings. The van der Waals surface area contributed by atoms with Gasteiger partial charge in [0.25, 0.3) is 0 Å². The largest absolute Gasteiger partial charge is 0.495 e. The molecule has 2 rings (SSSR count). The van der Waals surface area contributed by atoms with Crippen molar-refractivity contribution in [3.05, 3.63) is 35.4 Å². The molecule has 1 unspecified atom stereocenters. The fraction of sp³-hybridized carbons (Fsp3) is 0.500. The highest BCUT2D eigenvalue weighted by atomic mass is 16.7. The zero-order valence-corrected chi connectivity index (χ0v) is 16.9. The molecule has 0 amide bonds. The third-order valence-electron chi connectivity index (χ3n) is 5.37. The van der Waals surface area contributed by atoms with Gasteiger partial charge in [0.15, 0.2) is 0 Å². The van der Waals surface area contributed by atoms with Crippen molar-refractivity contribution >= 4 is 30.6 Å². The molecule has 146 valence electrons. The number of carbonyl (C=O) groups excluding carboxylic acids is 2. The Hall–Kier alpha value is -2.12. The lowest BCUT2D eigenvalue weighted by molar-refractivity contribution is -0.142. The van der Waals surface area contributed by atoms with Crippen LogP contribution in [0.15, 0.2) is 18.7 Å². The van der Waals surface area contributed by atoms with Crippen molar-refractivity contribution in [3.63, 3.8) is 0 Å². The number of hydrogen-bond acceptors (Lipinski definition) is 6. The lowest BCUT2D eigenvalue weighted by Crippen LogP contribution is -2.44. The molecule has 1 heterocycles. The van der Waals surface area contributed by atoms with E-state index in [1.165, 1.54) is 14.0 Å². The summed E-state index contributed by atoms with van der Waals surface area (Å²) < 4.78 is 22.6. The van der Waals surface area contributed by atoms with Gasteiger partial charge in [-0.25, -0.2) is 4.79 Å². The molecule has 1 saturated heterocycles. The quantitative estimate of drug-likeness (QED) is 0.563. The SMILES string of the molecule is C=Cc1c(C(=O)OC)ccc(COC(C)=O)c1B1OC(C)(C)C(C)(CC)O1. The predicted octanol–water partition coefficient (Wildman–Crippen LogP) is 2.87. The van der Waals surface area contributed by atoms with Crippen LogP contribution in [0.25, 0.3) is 6.08 Å². The van der Waals surface area contributed by atoms with Crippen molar-refractivity contribution in [2.24, 2.45) is 0 Å². The summed E-state index contributed by atoms with van der Waals surface area (Å²) in [6.45, 7) is 13.2. The third-order valence-corrected chi connectivity index (χ3v) is 5.37. The maximum atomic E-state index is 12.2. The minimum atomic E-state index is -0.729. The maximum absolute atomic E-state index is 12.2. The fourth-order valence-corrected chi connectivity index (χ4v) is 3.19. The van der Waals surface area contributed by atoms with Gasteiger partial charge < -0.3 is 18.8 Å². The van der Waals surface area contributed by atoms with Crippen molar-refractivity contribution in [3.8, 4) is 0 Å². The average Bonchev–Trinajstić information content (AvgIpc) is 2.87. The Kier molecular flexibility index (Phi) is 6.17. The normalized spacial score (nSPS) is 21.0. The van der Waals surface area contributed by atoms with Crippen LogP contribution in [0.3, 0.4) is 0 Å². The molecule has 0 N–H and O–H groups in total. The number of hydrogen-bond donors (Lipinski definition) is 0. The molecule has 1 aliphatic heterocycles. The summed E-state index contributed by atoms with van der Waals surface area (Å²) in [5, 5.41) is 0. The topological polar surface area (TPSA) is 71.1 Å².